The molecule has 2 atom stereocenters. The molecule has 0 radical (unpaired) electrons. The first-order valence-electron chi connectivity index (χ1n) is 11.0. The van der Waals surface area contributed by atoms with Gasteiger partial charge in [0.15, 0.2) is 11.0 Å². The predicted molar refractivity (Wildman–Crippen MR) is 124 cm³/mol. The number of halogens is 1. The third-order valence-electron chi connectivity index (χ3n) is 5.29. The maximum Gasteiger partial charge on any atom is 0.410 e. The van der Waals surface area contributed by atoms with Crippen LogP contribution in [0.25, 0.3) is 0 Å². The maximum atomic E-state index is 12.8. The molecule has 1 aromatic heterocycles. The predicted octanol–water partition coefficient (Wildman–Crippen LogP) is 3.52. The molecule has 1 aromatic carbocycles. The molecule has 1 fully saturated rings. The number of aromatic amines is 1. The number of imidazole rings is 1. The molecule has 0 bridgehead atoms. The third kappa shape index (κ3) is 6.46. The number of carbonyl (C=O) groups is 2. The van der Waals surface area contributed by atoms with E-state index in [9.17, 15) is 9.59 Å². The Balaban J connectivity index is 1.70. The van der Waals surface area contributed by atoms with Crippen LogP contribution in [0.5, 0.6) is 0 Å². The lowest BCUT2D eigenvalue weighted by Gasteiger charge is -2.39. The van der Waals surface area contributed by atoms with Crippen LogP contribution in [0.2, 0.25) is 5.15 Å². The van der Waals surface area contributed by atoms with Gasteiger partial charge in [-0.2, -0.15) is 0 Å². The van der Waals surface area contributed by atoms with Gasteiger partial charge in [0.2, 0.25) is 0 Å². The molecule has 32 heavy (non-hydrogen) atoms. The topological polar surface area (TPSA) is 99.4 Å². The number of amides is 2. The van der Waals surface area contributed by atoms with Crippen molar-refractivity contribution in [2.75, 3.05) is 13.1 Å². The highest BCUT2D eigenvalue weighted by Crippen LogP contribution is 2.18. The van der Waals surface area contributed by atoms with Crippen molar-refractivity contribution < 1.29 is 14.3 Å². The standard InChI is InChI=1S/C23H32ClN5O3/c1-5-16-19(24)28-20(26-16)21(30)27-17-11-12-29(22(31)32-23(2,3)4)14-18(17)25-13-15-9-7-6-8-10-15/h6-10,17-18,25H,5,11-14H2,1-4H3,(H,26,28)(H,27,30)/t17-,18-/m0/s1. The SMILES string of the molecule is CCc1[nH]c(C(=O)N[C@H]2CCN(C(=O)OC(C)(C)C)C[C@@H]2NCc2ccccc2)nc1Cl. The molecule has 0 spiro atoms. The minimum atomic E-state index is -0.565. The number of likely N-dealkylation sites (tertiary alicyclic amines) is 1. The second-order valence-corrected chi connectivity index (χ2v) is 9.33. The van der Waals surface area contributed by atoms with Gasteiger partial charge in [0, 0.05) is 31.7 Å². The highest BCUT2D eigenvalue weighted by Gasteiger charge is 2.34. The van der Waals surface area contributed by atoms with Crippen molar-refractivity contribution >= 4 is 23.6 Å². The molecular formula is C23H32ClN5O3. The normalized spacial score (nSPS) is 19.0. The highest BCUT2D eigenvalue weighted by molar-refractivity contribution is 6.30. The molecule has 2 heterocycles. The maximum absolute atomic E-state index is 12.8. The van der Waals surface area contributed by atoms with E-state index >= 15 is 0 Å². The van der Waals surface area contributed by atoms with Gasteiger partial charge >= 0.3 is 6.09 Å². The summed E-state index contributed by atoms with van der Waals surface area (Å²) in [6.45, 7) is 9.02. The van der Waals surface area contributed by atoms with E-state index in [2.05, 4.69) is 20.6 Å². The summed E-state index contributed by atoms with van der Waals surface area (Å²) in [4.78, 5) is 34.3. The molecule has 1 aliphatic heterocycles. The van der Waals surface area contributed by atoms with Crippen LogP contribution in [0.4, 0.5) is 4.79 Å². The summed E-state index contributed by atoms with van der Waals surface area (Å²) in [7, 11) is 0. The van der Waals surface area contributed by atoms with Crippen molar-refractivity contribution in [3.63, 3.8) is 0 Å². The van der Waals surface area contributed by atoms with Crippen molar-refractivity contribution in [1.82, 2.24) is 25.5 Å². The Bertz CT molecular complexity index is 925. The number of aryl methyl sites for hydroxylation is 1. The van der Waals surface area contributed by atoms with Crippen molar-refractivity contribution in [2.24, 2.45) is 0 Å². The summed E-state index contributed by atoms with van der Waals surface area (Å²) in [6, 6.07) is 9.66. The second kappa shape index (κ2) is 10.4. The molecular weight excluding hydrogens is 430 g/mol. The third-order valence-corrected chi connectivity index (χ3v) is 5.60. The van der Waals surface area contributed by atoms with Crippen molar-refractivity contribution in [2.45, 2.75) is 64.8 Å². The summed E-state index contributed by atoms with van der Waals surface area (Å²) in [5, 5.41) is 6.88. The van der Waals surface area contributed by atoms with E-state index in [4.69, 9.17) is 16.3 Å². The smallest absolute Gasteiger partial charge is 0.410 e. The van der Waals surface area contributed by atoms with E-state index in [0.717, 1.165) is 11.3 Å². The molecule has 0 unspecified atom stereocenters. The van der Waals surface area contributed by atoms with Gasteiger partial charge in [-0.25, -0.2) is 9.78 Å². The fraction of sp³-hybridized carbons (Fsp3) is 0.522. The van der Waals surface area contributed by atoms with Gasteiger partial charge < -0.3 is 25.3 Å². The van der Waals surface area contributed by atoms with Gasteiger partial charge in [-0.3, -0.25) is 4.79 Å². The van der Waals surface area contributed by atoms with Crippen LogP contribution in [-0.2, 0) is 17.7 Å². The van der Waals surface area contributed by atoms with E-state index in [0.29, 0.717) is 37.6 Å². The molecule has 1 saturated heterocycles. The first-order valence-corrected chi connectivity index (χ1v) is 11.3. The van der Waals surface area contributed by atoms with Gasteiger partial charge in [-0.05, 0) is 39.2 Å². The first kappa shape index (κ1) is 24.1. The van der Waals surface area contributed by atoms with Gasteiger partial charge in [0.25, 0.3) is 5.91 Å². The van der Waals surface area contributed by atoms with Gasteiger partial charge in [-0.1, -0.05) is 48.9 Å². The Hall–Kier alpha value is -2.58. The van der Waals surface area contributed by atoms with E-state index in [1.54, 1.807) is 4.90 Å². The second-order valence-electron chi connectivity index (χ2n) is 8.98. The molecule has 2 aromatic rings. The number of carbonyl (C=O) groups excluding carboxylic acids is 2. The molecule has 3 N–H and O–H groups in total. The Morgan fingerprint density at radius 3 is 2.59 bits per heavy atom. The van der Waals surface area contributed by atoms with Crippen LogP contribution in [-0.4, -0.2) is 57.6 Å². The largest absolute Gasteiger partial charge is 0.444 e. The molecule has 3 rings (SSSR count). The molecule has 0 saturated carbocycles. The van der Waals surface area contributed by atoms with Crippen LogP contribution < -0.4 is 10.6 Å². The lowest BCUT2D eigenvalue weighted by atomic mass is 9.98. The number of H-pyrrole nitrogens is 1. The minimum absolute atomic E-state index is 0.156. The lowest BCUT2D eigenvalue weighted by molar-refractivity contribution is 0.0162. The minimum Gasteiger partial charge on any atom is -0.444 e. The fourth-order valence-electron chi connectivity index (χ4n) is 3.64. The zero-order valence-corrected chi connectivity index (χ0v) is 19.8. The van der Waals surface area contributed by atoms with Crippen molar-refractivity contribution in [1.29, 1.82) is 0 Å². The molecule has 1 aliphatic rings. The van der Waals surface area contributed by atoms with E-state index in [1.807, 2.05) is 58.0 Å². The molecule has 174 valence electrons. The molecule has 9 heteroatoms. The van der Waals surface area contributed by atoms with Crippen LogP contribution >= 0.6 is 11.6 Å². The number of benzene rings is 1. The zero-order valence-electron chi connectivity index (χ0n) is 19.1. The van der Waals surface area contributed by atoms with Crippen LogP contribution in [0, 0.1) is 0 Å². The number of hydrogen-bond acceptors (Lipinski definition) is 5. The average molecular weight is 462 g/mol. The van der Waals surface area contributed by atoms with Gasteiger partial charge in [-0.15, -0.1) is 0 Å². The summed E-state index contributed by atoms with van der Waals surface area (Å²) in [5.74, 6) is -0.114. The molecule has 2 amide bonds. The monoisotopic (exact) mass is 461 g/mol. The van der Waals surface area contributed by atoms with Crippen LogP contribution in [0.15, 0.2) is 30.3 Å². The summed E-state index contributed by atoms with van der Waals surface area (Å²) in [5.41, 5.74) is 1.29. The quantitative estimate of drug-likeness (QED) is 0.611. The summed E-state index contributed by atoms with van der Waals surface area (Å²) in [6.07, 6.45) is 0.903. The Kier molecular flexibility index (Phi) is 7.79. The van der Waals surface area contributed by atoms with E-state index in [-0.39, 0.29) is 29.9 Å². The molecule has 8 nitrogen and oxygen atoms in total. The zero-order chi connectivity index (χ0) is 23.3. The van der Waals surface area contributed by atoms with Gasteiger partial charge in [0.05, 0.1) is 5.69 Å². The Morgan fingerprint density at radius 2 is 1.97 bits per heavy atom. The first-order chi connectivity index (χ1) is 15.2. The summed E-state index contributed by atoms with van der Waals surface area (Å²) < 4.78 is 5.54. The lowest BCUT2D eigenvalue weighted by Crippen LogP contribution is -2.60. The Morgan fingerprint density at radius 1 is 1.25 bits per heavy atom. The number of rotatable bonds is 6. The van der Waals surface area contributed by atoms with Crippen molar-refractivity contribution in [3.8, 4) is 0 Å². The Labute approximate surface area is 194 Å². The number of nitrogens with one attached hydrogen (secondary N) is 3. The van der Waals surface area contributed by atoms with E-state index < -0.39 is 5.60 Å². The number of piperidine rings is 1. The fourth-order valence-corrected chi connectivity index (χ4v) is 3.90. The number of nitrogens with zero attached hydrogens (tertiary/aromatic N) is 2. The highest BCUT2D eigenvalue weighted by atomic mass is 35.5. The van der Waals surface area contributed by atoms with Crippen LogP contribution in [0.1, 0.15) is 56.0 Å². The average Bonchev–Trinajstić information content (AvgIpc) is 3.13. The van der Waals surface area contributed by atoms with Crippen molar-refractivity contribution in [3.05, 3.63) is 52.6 Å². The number of hydrogen-bond donors (Lipinski definition) is 3. The molecule has 0 aliphatic carbocycles. The number of aromatic nitrogens is 2. The summed E-state index contributed by atoms with van der Waals surface area (Å²) >= 11 is 6.09. The van der Waals surface area contributed by atoms with Gasteiger partial charge in [0.1, 0.15) is 5.60 Å². The van der Waals surface area contributed by atoms with E-state index in [1.165, 1.54) is 0 Å². The van der Waals surface area contributed by atoms with Crippen LogP contribution in [0.3, 0.4) is 0 Å². The number of ether oxygens (including phenoxy) is 1.